The van der Waals surface area contributed by atoms with Crippen molar-refractivity contribution in [2.45, 2.75) is 12.5 Å². The minimum atomic E-state index is -0.234. The van der Waals surface area contributed by atoms with Gasteiger partial charge in [0.2, 0.25) is 5.91 Å². The molecule has 0 aromatic heterocycles. The summed E-state index contributed by atoms with van der Waals surface area (Å²) in [7, 11) is 0. The molecule has 1 aromatic carbocycles. The van der Waals surface area contributed by atoms with E-state index >= 15 is 0 Å². The van der Waals surface area contributed by atoms with E-state index in [1.54, 1.807) is 0 Å². The van der Waals surface area contributed by atoms with Crippen LogP contribution in [-0.4, -0.2) is 18.5 Å². The summed E-state index contributed by atoms with van der Waals surface area (Å²) in [4.78, 5) is 11.6. The minimum absolute atomic E-state index is 0.0161. The molecule has 1 heterocycles. The molecule has 1 saturated heterocycles. The summed E-state index contributed by atoms with van der Waals surface area (Å²) in [5, 5.41) is 6.58. The average molecular weight is 237 g/mol. The maximum Gasteiger partial charge on any atom is 0.243 e. The van der Waals surface area contributed by atoms with Crippen LogP contribution in [0.25, 0.3) is 0 Å². The molecule has 3 nitrogen and oxygen atoms in total. The van der Waals surface area contributed by atoms with Gasteiger partial charge in [0.05, 0.1) is 6.54 Å². The highest BCUT2D eigenvalue weighted by molar-refractivity contribution is 6.30. The van der Waals surface area contributed by atoms with Gasteiger partial charge < -0.3 is 10.6 Å². The maximum absolute atomic E-state index is 11.6. The molecular weight excluding hydrogens is 224 g/mol. The zero-order valence-electron chi connectivity index (χ0n) is 8.79. The number of amides is 1. The molecule has 0 spiro atoms. The smallest absolute Gasteiger partial charge is 0.243 e. The van der Waals surface area contributed by atoms with E-state index in [1.165, 1.54) is 0 Å². The first-order valence-electron chi connectivity index (χ1n) is 5.11. The van der Waals surface area contributed by atoms with Crippen molar-refractivity contribution in [1.82, 2.24) is 10.6 Å². The largest absolute Gasteiger partial charge is 0.376 e. The first-order chi connectivity index (χ1) is 7.65. The van der Waals surface area contributed by atoms with Crippen molar-refractivity contribution in [2.24, 2.45) is 0 Å². The van der Waals surface area contributed by atoms with Crippen molar-refractivity contribution in [1.29, 1.82) is 0 Å². The Morgan fingerprint density at radius 2 is 2.06 bits per heavy atom. The summed E-state index contributed by atoms with van der Waals surface area (Å²) in [5.41, 5.74) is 1.92. The van der Waals surface area contributed by atoms with E-state index < -0.39 is 0 Å². The molecule has 1 aliphatic rings. The second kappa shape index (κ2) is 4.58. The van der Waals surface area contributed by atoms with E-state index in [9.17, 15) is 4.79 Å². The van der Waals surface area contributed by atoms with Crippen LogP contribution in [0.2, 0.25) is 5.02 Å². The molecule has 84 valence electrons. The number of nitrogens with one attached hydrogen (secondary N) is 2. The molecule has 0 unspecified atom stereocenters. The van der Waals surface area contributed by atoms with Gasteiger partial charge in [0, 0.05) is 17.1 Å². The lowest BCUT2D eigenvalue weighted by Crippen LogP contribution is -2.52. The van der Waals surface area contributed by atoms with Gasteiger partial charge in [0.1, 0.15) is 6.04 Å². The van der Waals surface area contributed by atoms with Crippen LogP contribution >= 0.6 is 11.6 Å². The van der Waals surface area contributed by atoms with Crippen LogP contribution < -0.4 is 10.6 Å². The Bertz CT molecular complexity index is 414. The predicted octanol–water partition coefficient (Wildman–Crippen LogP) is 1.48. The normalized spacial score (nSPS) is 20.2. The van der Waals surface area contributed by atoms with Gasteiger partial charge in [-0.25, -0.2) is 0 Å². The third-order valence-electron chi connectivity index (χ3n) is 2.52. The Morgan fingerprint density at radius 1 is 1.38 bits per heavy atom. The van der Waals surface area contributed by atoms with Gasteiger partial charge in [0.15, 0.2) is 0 Å². The van der Waals surface area contributed by atoms with E-state index in [-0.39, 0.29) is 11.9 Å². The number of rotatable bonds is 2. The highest BCUT2D eigenvalue weighted by Crippen LogP contribution is 2.12. The van der Waals surface area contributed by atoms with E-state index in [4.69, 9.17) is 11.6 Å². The molecule has 16 heavy (non-hydrogen) atoms. The minimum Gasteiger partial charge on any atom is -0.376 e. The molecule has 1 aromatic rings. The topological polar surface area (TPSA) is 41.1 Å². The summed E-state index contributed by atoms with van der Waals surface area (Å²) in [6, 6.07) is 7.27. The zero-order valence-corrected chi connectivity index (χ0v) is 9.55. The van der Waals surface area contributed by atoms with E-state index in [0.717, 1.165) is 11.3 Å². The van der Waals surface area contributed by atoms with Gasteiger partial charge in [-0.2, -0.15) is 0 Å². The zero-order chi connectivity index (χ0) is 11.5. The first-order valence-corrected chi connectivity index (χ1v) is 5.49. The molecule has 1 amide bonds. The fourth-order valence-corrected chi connectivity index (χ4v) is 1.81. The lowest BCUT2D eigenvalue weighted by molar-refractivity contribution is -0.123. The molecule has 0 saturated carbocycles. The fraction of sp³-hybridized carbons (Fsp3) is 0.250. The Balaban J connectivity index is 2.05. The summed E-state index contributed by atoms with van der Waals surface area (Å²) in [6.45, 7) is 4.32. The van der Waals surface area contributed by atoms with Gasteiger partial charge in [-0.05, 0) is 17.7 Å². The molecule has 2 N–H and O–H groups in total. The Hall–Kier alpha value is -1.48. The van der Waals surface area contributed by atoms with Gasteiger partial charge in [-0.15, -0.1) is 0 Å². The SMILES string of the molecule is C=C1CNC(=O)[C@@H](Cc2ccc(Cl)cc2)N1. The summed E-state index contributed by atoms with van der Waals surface area (Å²) >= 11 is 5.80. The van der Waals surface area contributed by atoms with Gasteiger partial charge >= 0.3 is 0 Å². The van der Waals surface area contributed by atoms with Crippen LogP contribution in [0, 0.1) is 0 Å². The molecule has 4 heteroatoms. The molecule has 1 fully saturated rings. The number of halogens is 1. The molecule has 0 radical (unpaired) electrons. The fourth-order valence-electron chi connectivity index (χ4n) is 1.68. The van der Waals surface area contributed by atoms with Crippen molar-refractivity contribution in [3.8, 4) is 0 Å². The van der Waals surface area contributed by atoms with Crippen molar-refractivity contribution in [3.63, 3.8) is 0 Å². The molecule has 0 aliphatic carbocycles. The first kappa shape index (κ1) is 11.0. The lowest BCUT2D eigenvalue weighted by Gasteiger charge is -2.26. The summed E-state index contributed by atoms with van der Waals surface area (Å²) < 4.78 is 0. The van der Waals surface area contributed by atoms with Crippen LogP contribution in [0.1, 0.15) is 5.56 Å². The number of benzene rings is 1. The molecule has 0 bridgehead atoms. The monoisotopic (exact) mass is 236 g/mol. The number of hydrogen-bond donors (Lipinski definition) is 2. The Morgan fingerprint density at radius 3 is 2.75 bits per heavy atom. The lowest BCUT2D eigenvalue weighted by atomic mass is 10.0. The Kier molecular flexibility index (Phi) is 3.15. The highest BCUT2D eigenvalue weighted by atomic mass is 35.5. The summed E-state index contributed by atoms with van der Waals surface area (Å²) in [6.07, 6.45) is 0.641. The number of carbonyl (C=O) groups excluding carboxylic acids is 1. The van der Waals surface area contributed by atoms with Gasteiger partial charge in [-0.1, -0.05) is 30.3 Å². The molecule has 2 rings (SSSR count). The third-order valence-corrected chi connectivity index (χ3v) is 2.78. The standard InChI is InChI=1S/C12H13ClN2O/c1-8-7-14-12(16)11(15-8)6-9-2-4-10(13)5-3-9/h2-5,11,15H,1,6-7H2,(H,14,16)/t11-/m1/s1. The Labute approximate surface area is 99.5 Å². The van der Waals surface area contributed by atoms with Crippen LogP contribution in [0.5, 0.6) is 0 Å². The second-order valence-electron chi connectivity index (χ2n) is 3.85. The average Bonchev–Trinajstić information content (AvgIpc) is 2.27. The van der Waals surface area contributed by atoms with Gasteiger partial charge in [0.25, 0.3) is 0 Å². The molecule has 1 aliphatic heterocycles. The van der Waals surface area contributed by atoms with Crippen molar-refractivity contribution < 1.29 is 4.79 Å². The third kappa shape index (κ3) is 2.55. The predicted molar refractivity (Wildman–Crippen MR) is 64.2 cm³/mol. The van der Waals surface area contributed by atoms with Crippen LogP contribution in [0.15, 0.2) is 36.5 Å². The van der Waals surface area contributed by atoms with Gasteiger partial charge in [-0.3, -0.25) is 4.79 Å². The summed E-state index contributed by atoms with van der Waals surface area (Å²) in [5.74, 6) is 0.0161. The quantitative estimate of drug-likeness (QED) is 0.817. The van der Waals surface area contributed by atoms with Crippen LogP contribution in [0.3, 0.4) is 0 Å². The van der Waals surface area contributed by atoms with Crippen molar-refractivity contribution in [2.75, 3.05) is 6.54 Å². The van der Waals surface area contributed by atoms with Crippen LogP contribution in [0.4, 0.5) is 0 Å². The number of piperazine rings is 1. The second-order valence-corrected chi connectivity index (χ2v) is 4.29. The number of hydrogen-bond acceptors (Lipinski definition) is 2. The highest BCUT2D eigenvalue weighted by Gasteiger charge is 2.22. The van der Waals surface area contributed by atoms with Crippen LogP contribution in [-0.2, 0) is 11.2 Å². The van der Waals surface area contributed by atoms with Crippen molar-refractivity contribution >= 4 is 17.5 Å². The molecule has 1 atom stereocenters. The van der Waals surface area contributed by atoms with E-state index in [1.807, 2.05) is 24.3 Å². The number of carbonyl (C=O) groups is 1. The van der Waals surface area contributed by atoms with Crippen molar-refractivity contribution in [3.05, 3.63) is 47.1 Å². The van der Waals surface area contributed by atoms with E-state index in [2.05, 4.69) is 17.2 Å². The molecular formula is C12H13ClN2O. The maximum atomic E-state index is 11.6. The van der Waals surface area contributed by atoms with E-state index in [0.29, 0.717) is 18.0 Å².